The number of aromatic amines is 1. The first-order valence-electron chi connectivity index (χ1n) is 8.01. The number of hydrogen-bond donors (Lipinski definition) is 1. The van der Waals surface area contributed by atoms with Crippen LogP contribution in [0.25, 0.3) is 10.9 Å². The van der Waals surface area contributed by atoms with Crippen LogP contribution in [-0.4, -0.2) is 21.6 Å². The number of amidine groups is 1. The number of H-pyrrole nitrogens is 1. The van der Waals surface area contributed by atoms with E-state index in [1.807, 2.05) is 45.0 Å². The molecule has 2 aromatic heterocycles. The molecule has 0 radical (unpaired) electrons. The van der Waals surface area contributed by atoms with Crippen molar-refractivity contribution in [3.63, 3.8) is 0 Å². The third-order valence-electron chi connectivity index (χ3n) is 3.98. The van der Waals surface area contributed by atoms with E-state index in [0.717, 1.165) is 32.5 Å². The van der Waals surface area contributed by atoms with Crippen LogP contribution in [0.15, 0.2) is 40.0 Å². The van der Waals surface area contributed by atoms with Crippen LogP contribution in [0.5, 0.6) is 0 Å². The average Bonchev–Trinajstić information content (AvgIpc) is 2.85. The van der Waals surface area contributed by atoms with Crippen molar-refractivity contribution >= 4 is 38.6 Å². The third kappa shape index (κ3) is 3.60. The lowest BCUT2D eigenvalue weighted by Crippen LogP contribution is -2.22. The molecule has 8 heteroatoms. The number of rotatable bonds is 4. The Morgan fingerprint density at radius 3 is 2.77 bits per heavy atom. The highest BCUT2D eigenvalue weighted by atomic mass is 79.9. The lowest BCUT2D eigenvalue weighted by atomic mass is 10.1. The van der Waals surface area contributed by atoms with Gasteiger partial charge in [-0.1, -0.05) is 17.3 Å². The van der Waals surface area contributed by atoms with Crippen LogP contribution < -0.4 is 10.7 Å². The highest BCUT2D eigenvalue weighted by Gasteiger charge is 2.17. The zero-order chi connectivity index (χ0) is 18.8. The number of aryl methyl sites for hydroxylation is 2. The van der Waals surface area contributed by atoms with Gasteiger partial charge in [-0.15, -0.1) is 0 Å². The summed E-state index contributed by atoms with van der Waals surface area (Å²) in [4.78, 5) is 20.7. The van der Waals surface area contributed by atoms with Crippen molar-refractivity contribution in [1.29, 1.82) is 0 Å². The van der Waals surface area contributed by atoms with E-state index in [1.165, 1.54) is 0 Å². The predicted molar refractivity (Wildman–Crippen MR) is 102 cm³/mol. The number of nitrogens with two attached hydrogens (primary N) is 1. The largest absolute Gasteiger partial charge is 0.383 e. The van der Waals surface area contributed by atoms with Gasteiger partial charge in [0, 0.05) is 19.1 Å². The number of pyridine rings is 1. The molecule has 0 amide bonds. The molecule has 134 valence electrons. The molecule has 0 saturated carbocycles. The van der Waals surface area contributed by atoms with E-state index in [1.54, 1.807) is 10.7 Å². The topological polar surface area (TPSA) is 96.6 Å². The van der Waals surface area contributed by atoms with Gasteiger partial charge in [0.25, 0.3) is 0 Å². The van der Waals surface area contributed by atoms with E-state index >= 15 is 0 Å². The van der Waals surface area contributed by atoms with Gasteiger partial charge in [0.2, 0.25) is 5.52 Å². The van der Waals surface area contributed by atoms with Crippen molar-refractivity contribution in [3.05, 3.63) is 57.4 Å². The van der Waals surface area contributed by atoms with E-state index < -0.39 is 5.97 Å². The van der Waals surface area contributed by atoms with E-state index in [-0.39, 0.29) is 12.4 Å². The molecule has 0 spiro atoms. The normalized spacial score (nSPS) is 11.8. The fourth-order valence-corrected chi connectivity index (χ4v) is 2.98. The number of nitrogens with one attached hydrogen (secondary N) is 1. The Kier molecular flexibility index (Phi) is 5.03. The van der Waals surface area contributed by atoms with Gasteiger partial charge >= 0.3 is 5.97 Å². The summed E-state index contributed by atoms with van der Waals surface area (Å²) < 4.78 is 2.62. The van der Waals surface area contributed by atoms with Crippen LogP contribution in [0.1, 0.15) is 27.4 Å². The first-order chi connectivity index (χ1) is 12.4. The Balaban J connectivity index is 1.80. The summed E-state index contributed by atoms with van der Waals surface area (Å²) in [5.74, 6) is -0.407. The molecule has 3 N–H and O–H groups in total. The van der Waals surface area contributed by atoms with E-state index in [0.29, 0.717) is 5.56 Å². The number of halogens is 1. The van der Waals surface area contributed by atoms with Gasteiger partial charge in [-0.25, -0.2) is 9.78 Å². The smallest absolute Gasteiger partial charge is 0.366 e. The maximum Gasteiger partial charge on any atom is 0.366 e. The molecule has 0 saturated heterocycles. The molecular weight excluding hydrogens is 398 g/mol. The van der Waals surface area contributed by atoms with Crippen LogP contribution in [0.2, 0.25) is 0 Å². The number of carbonyl (C=O) groups is 1. The monoisotopic (exact) mass is 416 g/mol. The second-order valence-corrected chi connectivity index (χ2v) is 6.81. The fraction of sp³-hybridized carbons (Fsp3) is 0.222. The van der Waals surface area contributed by atoms with Gasteiger partial charge in [-0.05, 0) is 35.8 Å². The molecular formula is C18H19BrN5O2+. The molecule has 2 heterocycles. The lowest BCUT2D eigenvalue weighted by Gasteiger charge is -2.05. The third-order valence-corrected chi connectivity index (χ3v) is 5.13. The highest BCUT2D eigenvalue weighted by molar-refractivity contribution is 9.10. The van der Waals surface area contributed by atoms with Gasteiger partial charge in [0.05, 0.1) is 26.8 Å². The van der Waals surface area contributed by atoms with Crippen LogP contribution in [0, 0.1) is 20.8 Å². The molecule has 3 rings (SSSR count). The molecule has 0 aliphatic rings. The van der Waals surface area contributed by atoms with Crippen molar-refractivity contribution in [3.8, 4) is 0 Å². The summed E-state index contributed by atoms with van der Waals surface area (Å²) in [5.41, 5.74) is 9.80. The second-order valence-electron chi connectivity index (χ2n) is 6.02. The minimum Gasteiger partial charge on any atom is -0.383 e. The number of carbonyl (C=O) groups excluding carboxylic acids is 1. The summed E-state index contributed by atoms with van der Waals surface area (Å²) in [6.07, 6.45) is 0. The maximum atomic E-state index is 12.5. The number of nitrogens with zero attached hydrogens (tertiary/aromatic N) is 3. The molecule has 7 nitrogen and oxygen atoms in total. The van der Waals surface area contributed by atoms with Gasteiger partial charge < -0.3 is 10.6 Å². The minimum absolute atomic E-state index is 0.153. The van der Waals surface area contributed by atoms with E-state index in [9.17, 15) is 4.79 Å². The number of aromatic nitrogens is 3. The van der Waals surface area contributed by atoms with Gasteiger partial charge in [0.1, 0.15) is 6.54 Å². The van der Waals surface area contributed by atoms with Crippen molar-refractivity contribution in [2.24, 2.45) is 10.9 Å². The van der Waals surface area contributed by atoms with Crippen LogP contribution in [0.3, 0.4) is 0 Å². The zero-order valence-corrected chi connectivity index (χ0v) is 16.3. The van der Waals surface area contributed by atoms with Crippen molar-refractivity contribution in [1.82, 2.24) is 9.78 Å². The molecule has 0 atom stereocenters. The first kappa shape index (κ1) is 18.1. The number of oxime groups is 1. The van der Waals surface area contributed by atoms with Gasteiger partial charge in [-0.2, -0.15) is 5.10 Å². The van der Waals surface area contributed by atoms with Crippen LogP contribution in [-0.2, 0) is 11.4 Å². The summed E-state index contributed by atoms with van der Waals surface area (Å²) in [7, 11) is 0. The number of hydrogen-bond acceptors (Lipinski definition) is 4. The molecule has 0 bridgehead atoms. The predicted octanol–water partition coefficient (Wildman–Crippen LogP) is 2.67. The fourth-order valence-electron chi connectivity index (χ4n) is 2.70. The van der Waals surface area contributed by atoms with Crippen LogP contribution in [0.4, 0.5) is 0 Å². The highest BCUT2D eigenvalue weighted by Crippen LogP contribution is 2.19. The molecule has 1 aromatic carbocycles. The van der Waals surface area contributed by atoms with E-state index in [4.69, 9.17) is 10.6 Å². The van der Waals surface area contributed by atoms with E-state index in [2.05, 4.69) is 31.2 Å². The minimum atomic E-state index is -0.559. The lowest BCUT2D eigenvalue weighted by molar-refractivity contribution is -0.354. The molecule has 0 aliphatic heterocycles. The van der Waals surface area contributed by atoms with Crippen LogP contribution >= 0.6 is 15.9 Å². The first-order valence-corrected chi connectivity index (χ1v) is 8.81. The maximum absolute atomic E-state index is 12.5. The molecule has 3 aromatic rings. The standard InChI is InChI=1S/C18H18BrN5O2/c1-10-8-14(13-6-4-5-7-15(13)21-10)18(25)26-23-16(20)9-24-12(3)17(19)11(2)22-24/h4-8H,9H2,1-3H3,(H2,20,23)/p+1. The molecule has 26 heavy (non-hydrogen) atoms. The Morgan fingerprint density at radius 2 is 2.08 bits per heavy atom. The SMILES string of the molecule is Cc1cc(C(=O)ON=C(N)Cn2nc(C)c(Br)c2C)c2ccccc2[nH+]1. The number of fused-ring (bicyclic) bond motifs is 1. The van der Waals surface area contributed by atoms with Crippen molar-refractivity contribution in [2.45, 2.75) is 27.3 Å². The quantitative estimate of drug-likeness (QED) is 0.306. The molecule has 0 aliphatic carbocycles. The Hall–Kier alpha value is -2.74. The van der Waals surface area contributed by atoms with Crippen molar-refractivity contribution < 1.29 is 14.6 Å². The second kappa shape index (κ2) is 7.25. The van der Waals surface area contributed by atoms with Gasteiger partial charge in [0.15, 0.2) is 11.5 Å². The average molecular weight is 417 g/mol. The Bertz CT molecular complexity index is 1030. The number of para-hydroxylation sites is 1. The summed E-state index contributed by atoms with van der Waals surface area (Å²) in [5, 5.41) is 8.89. The Morgan fingerprint density at radius 1 is 1.35 bits per heavy atom. The summed E-state index contributed by atoms with van der Waals surface area (Å²) >= 11 is 3.46. The summed E-state index contributed by atoms with van der Waals surface area (Å²) in [6, 6.07) is 9.24. The van der Waals surface area contributed by atoms with Crippen molar-refractivity contribution in [2.75, 3.05) is 0 Å². The molecule has 0 unspecified atom stereocenters. The number of benzene rings is 1. The summed E-state index contributed by atoms with van der Waals surface area (Å²) in [6.45, 7) is 5.91. The molecule has 0 fully saturated rings. The van der Waals surface area contributed by atoms with Gasteiger partial charge in [-0.3, -0.25) is 4.68 Å². The zero-order valence-electron chi connectivity index (χ0n) is 14.7. The Labute approximate surface area is 159 Å².